The summed E-state index contributed by atoms with van der Waals surface area (Å²) in [6.07, 6.45) is 12.4. The van der Waals surface area contributed by atoms with Gasteiger partial charge in [-0.25, -0.2) is 9.37 Å². The Morgan fingerprint density at radius 3 is 2.81 bits per heavy atom. The molecule has 5 nitrogen and oxygen atoms in total. The summed E-state index contributed by atoms with van der Waals surface area (Å²) in [5.41, 5.74) is 1.33. The largest absolute Gasteiger partial charge is 0.480 e. The highest BCUT2D eigenvalue weighted by Gasteiger charge is 2.26. The summed E-state index contributed by atoms with van der Waals surface area (Å²) in [5, 5.41) is 0. The third-order valence-corrected chi connectivity index (χ3v) is 4.90. The Labute approximate surface area is 153 Å². The first-order chi connectivity index (χ1) is 12.7. The van der Waals surface area contributed by atoms with E-state index in [1.807, 2.05) is 6.08 Å². The van der Waals surface area contributed by atoms with Crippen LogP contribution in [-0.4, -0.2) is 40.9 Å². The first-order valence-electron chi connectivity index (χ1n) is 8.97. The summed E-state index contributed by atoms with van der Waals surface area (Å²) in [6, 6.07) is 0. The highest BCUT2D eigenvalue weighted by atomic mass is 19.1. The van der Waals surface area contributed by atoms with Crippen molar-refractivity contribution in [3.63, 3.8) is 0 Å². The van der Waals surface area contributed by atoms with Crippen LogP contribution in [0.1, 0.15) is 31.4 Å². The minimum atomic E-state index is -0.199. The van der Waals surface area contributed by atoms with Crippen LogP contribution in [0.25, 0.3) is 0 Å². The van der Waals surface area contributed by atoms with Crippen molar-refractivity contribution in [3.05, 3.63) is 53.8 Å². The first kappa shape index (κ1) is 18.5. The van der Waals surface area contributed by atoms with Gasteiger partial charge < -0.3 is 4.74 Å². The lowest BCUT2D eigenvalue weighted by Gasteiger charge is -2.31. The lowest BCUT2D eigenvalue weighted by molar-refractivity contribution is -0.123. The molecule has 1 aliphatic carbocycles. The van der Waals surface area contributed by atoms with E-state index in [9.17, 15) is 9.18 Å². The van der Waals surface area contributed by atoms with Crippen LogP contribution in [0.15, 0.2) is 48.1 Å². The molecule has 1 aromatic heterocycles. The number of likely N-dealkylation sites (tertiary alicyclic amines) is 1. The average molecular weight is 357 g/mol. The van der Waals surface area contributed by atoms with Crippen LogP contribution in [0.3, 0.4) is 0 Å². The van der Waals surface area contributed by atoms with Gasteiger partial charge in [0.2, 0.25) is 5.88 Å². The summed E-state index contributed by atoms with van der Waals surface area (Å²) in [5.74, 6) is 0.482. The maximum absolute atomic E-state index is 14.0. The molecular formula is C20H24FN3O2. The highest BCUT2D eigenvalue weighted by Crippen LogP contribution is 2.26. The number of aromatic nitrogens is 2. The van der Waals surface area contributed by atoms with Crippen molar-refractivity contribution in [2.45, 2.75) is 32.2 Å². The third-order valence-electron chi connectivity index (χ3n) is 4.90. The van der Waals surface area contributed by atoms with Gasteiger partial charge >= 0.3 is 0 Å². The molecule has 138 valence electrons. The van der Waals surface area contributed by atoms with Gasteiger partial charge in [-0.3, -0.25) is 14.7 Å². The zero-order chi connectivity index (χ0) is 18.4. The molecule has 0 amide bonds. The topological polar surface area (TPSA) is 55.3 Å². The maximum Gasteiger partial charge on any atom is 0.236 e. The van der Waals surface area contributed by atoms with Gasteiger partial charge in [0.15, 0.2) is 0 Å². The monoisotopic (exact) mass is 357 g/mol. The Kier molecular flexibility index (Phi) is 6.28. The number of hydrogen-bond acceptors (Lipinski definition) is 5. The van der Waals surface area contributed by atoms with Gasteiger partial charge in [-0.2, -0.15) is 0 Å². The van der Waals surface area contributed by atoms with Gasteiger partial charge in [-0.1, -0.05) is 24.3 Å². The summed E-state index contributed by atoms with van der Waals surface area (Å²) in [6.45, 7) is 2.29. The van der Waals surface area contributed by atoms with Crippen LogP contribution >= 0.6 is 0 Å². The van der Waals surface area contributed by atoms with Crippen molar-refractivity contribution in [1.29, 1.82) is 0 Å². The van der Waals surface area contributed by atoms with E-state index >= 15 is 0 Å². The summed E-state index contributed by atoms with van der Waals surface area (Å²) >= 11 is 0. The molecule has 0 unspecified atom stereocenters. The number of allylic oxidation sites excluding steroid dienone is 6. The van der Waals surface area contributed by atoms with Crippen molar-refractivity contribution >= 4 is 5.78 Å². The zero-order valence-electron chi connectivity index (χ0n) is 15.0. The molecule has 2 aliphatic rings. The molecule has 3 rings (SSSR count). The quantitative estimate of drug-likeness (QED) is 0.781. The second-order valence-electron chi connectivity index (χ2n) is 6.63. The molecule has 1 aromatic rings. The Morgan fingerprint density at radius 1 is 1.27 bits per heavy atom. The molecule has 0 aromatic carbocycles. The van der Waals surface area contributed by atoms with Gasteiger partial charge in [-0.05, 0) is 31.5 Å². The Balaban J connectivity index is 1.52. The number of Topliss-reactive ketones (excluding diaryl/α,β-unsaturated/α-hetero) is 1. The van der Waals surface area contributed by atoms with Crippen LogP contribution in [0, 0.1) is 5.92 Å². The van der Waals surface area contributed by atoms with E-state index in [0.717, 1.165) is 31.6 Å². The lowest BCUT2D eigenvalue weighted by atomic mass is 9.89. The van der Waals surface area contributed by atoms with Gasteiger partial charge in [0.05, 0.1) is 7.11 Å². The molecule has 0 spiro atoms. The van der Waals surface area contributed by atoms with E-state index in [2.05, 4.69) is 14.9 Å². The van der Waals surface area contributed by atoms with E-state index in [1.54, 1.807) is 37.7 Å². The van der Waals surface area contributed by atoms with E-state index in [4.69, 9.17) is 4.74 Å². The predicted octanol–water partition coefficient (Wildman–Crippen LogP) is 3.40. The second kappa shape index (κ2) is 8.85. The number of rotatable bonds is 6. The molecule has 0 atom stereocenters. The third kappa shape index (κ3) is 4.64. The molecule has 0 saturated carbocycles. The van der Waals surface area contributed by atoms with Crippen molar-refractivity contribution in [2.75, 3.05) is 20.2 Å². The number of halogens is 1. The Morgan fingerprint density at radius 2 is 2.04 bits per heavy atom. The van der Waals surface area contributed by atoms with Gasteiger partial charge in [0.25, 0.3) is 0 Å². The smallest absolute Gasteiger partial charge is 0.236 e. The van der Waals surface area contributed by atoms with Gasteiger partial charge in [0, 0.05) is 37.7 Å². The number of piperidine rings is 1. The number of carbonyl (C=O) groups excluding carboxylic acids is 1. The number of hydrogen-bond donors (Lipinski definition) is 0. The fraction of sp³-hybridized carbons (Fsp3) is 0.450. The second-order valence-corrected chi connectivity index (χ2v) is 6.63. The van der Waals surface area contributed by atoms with Crippen LogP contribution < -0.4 is 4.74 Å². The number of methoxy groups -OCH3 is 1. The number of ketones is 1. The molecule has 1 fully saturated rings. The Bertz CT molecular complexity index is 734. The van der Waals surface area contributed by atoms with Gasteiger partial charge in [-0.15, -0.1) is 0 Å². The highest BCUT2D eigenvalue weighted by molar-refractivity contribution is 5.84. The van der Waals surface area contributed by atoms with Crippen LogP contribution in [0.5, 0.6) is 5.88 Å². The molecule has 0 bridgehead atoms. The number of ether oxygens (including phenoxy) is 1. The van der Waals surface area contributed by atoms with Crippen molar-refractivity contribution in [1.82, 2.24) is 14.9 Å². The summed E-state index contributed by atoms with van der Waals surface area (Å²) in [4.78, 5) is 23.3. The molecule has 26 heavy (non-hydrogen) atoms. The molecule has 0 radical (unpaired) electrons. The van der Waals surface area contributed by atoms with E-state index in [-0.39, 0.29) is 30.4 Å². The Hall–Kier alpha value is -2.34. The maximum atomic E-state index is 14.0. The molecule has 1 saturated heterocycles. The molecule has 6 heteroatoms. The van der Waals surface area contributed by atoms with Crippen LogP contribution in [0.2, 0.25) is 0 Å². The fourth-order valence-corrected chi connectivity index (χ4v) is 3.39. The normalized spacial score (nSPS) is 18.8. The number of nitrogens with zero attached hydrogens (tertiary/aromatic N) is 3. The van der Waals surface area contributed by atoms with E-state index in [0.29, 0.717) is 18.0 Å². The van der Waals surface area contributed by atoms with Crippen molar-refractivity contribution in [3.8, 4) is 5.88 Å². The molecule has 2 heterocycles. The zero-order valence-corrected chi connectivity index (χ0v) is 15.0. The standard InChI is InChI=1S/C20H24FN3O2/c1-26-20-18(22-9-10-23-20)14-24-11-7-15(8-12-24)19(25)13-16-5-3-2-4-6-17(16)21/h2-5,9-10,15H,6-8,11-14H2,1H3. The predicted molar refractivity (Wildman–Crippen MR) is 97.2 cm³/mol. The van der Waals surface area contributed by atoms with E-state index < -0.39 is 0 Å². The average Bonchev–Trinajstić information content (AvgIpc) is 2.87. The number of carbonyl (C=O) groups is 1. The minimum absolute atomic E-state index is 0.0000784. The summed E-state index contributed by atoms with van der Waals surface area (Å²) in [7, 11) is 1.59. The van der Waals surface area contributed by atoms with Gasteiger partial charge in [0.1, 0.15) is 17.3 Å². The van der Waals surface area contributed by atoms with Crippen LogP contribution in [-0.2, 0) is 11.3 Å². The molecular weight excluding hydrogens is 333 g/mol. The molecule has 1 aliphatic heterocycles. The van der Waals surface area contributed by atoms with Crippen LogP contribution in [0.4, 0.5) is 4.39 Å². The van der Waals surface area contributed by atoms with Crippen molar-refractivity contribution in [2.24, 2.45) is 5.92 Å². The first-order valence-corrected chi connectivity index (χ1v) is 8.97. The summed E-state index contributed by atoms with van der Waals surface area (Å²) < 4.78 is 19.2. The SMILES string of the molecule is COc1nccnc1CN1CCC(C(=O)CC2=C(F)CC=CC=C2)CC1. The van der Waals surface area contributed by atoms with Crippen molar-refractivity contribution < 1.29 is 13.9 Å². The fourth-order valence-electron chi connectivity index (χ4n) is 3.39. The lowest BCUT2D eigenvalue weighted by Crippen LogP contribution is -2.36. The minimum Gasteiger partial charge on any atom is -0.480 e. The van der Waals surface area contributed by atoms with E-state index in [1.165, 1.54) is 0 Å². The molecule has 0 N–H and O–H groups in total.